The van der Waals surface area contributed by atoms with Crippen LogP contribution in [0.4, 0.5) is 5.82 Å². The standard InChI is InChI=1S/C12H17Cl2N3/c13-7-12(4-2-1-3-5-12)8-16-11-10(14)6-15-9-17-11/h6,9H,1-5,7-8H2,(H,15,16,17). The molecule has 94 valence electrons. The van der Waals surface area contributed by atoms with Crippen LogP contribution in [0.15, 0.2) is 12.5 Å². The van der Waals surface area contributed by atoms with Gasteiger partial charge in [-0.1, -0.05) is 30.9 Å². The first-order valence-corrected chi connectivity index (χ1v) is 6.92. The minimum absolute atomic E-state index is 0.202. The van der Waals surface area contributed by atoms with Gasteiger partial charge >= 0.3 is 0 Å². The van der Waals surface area contributed by atoms with Crippen LogP contribution < -0.4 is 5.32 Å². The van der Waals surface area contributed by atoms with Gasteiger partial charge in [-0.05, 0) is 12.8 Å². The van der Waals surface area contributed by atoms with Gasteiger partial charge in [-0.15, -0.1) is 11.6 Å². The number of nitrogens with zero attached hydrogens (tertiary/aromatic N) is 2. The summed E-state index contributed by atoms with van der Waals surface area (Å²) in [5, 5.41) is 3.87. The van der Waals surface area contributed by atoms with Crippen molar-refractivity contribution in [2.24, 2.45) is 5.41 Å². The van der Waals surface area contributed by atoms with E-state index in [0.717, 1.165) is 6.54 Å². The predicted octanol–water partition coefficient (Wildman–Crippen LogP) is 3.73. The highest BCUT2D eigenvalue weighted by Crippen LogP contribution is 2.37. The van der Waals surface area contributed by atoms with Crippen LogP contribution in [0.25, 0.3) is 0 Å². The van der Waals surface area contributed by atoms with Gasteiger partial charge in [0, 0.05) is 17.8 Å². The summed E-state index contributed by atoms with van der Waals surface area (Å²) in [6.07, 6.45) is 9.34. The van der Waals surface area contributed by atoms with Gasteiger partial charge < -0.3 is 5.32 Å². The summed E-state index contributed by atoms with van der Waals surface area (Å²) in [5.74, 6) is 1.40. The molecule has 1 fully saturated rings. The van der Waals surface area contributed by atoms with E-state index in [1.807, 2.05) is 0 Å². The molecule has 1 aliphatic carbocycles. The quantitative estimate of drug-likeness (QED) is 0.850. The fraction of sp³-hybridized carbons (Fsp3) is 0.667. The van der Waals surface area contributed by atoms with Gasteiger partial charge in [-0.3, -0.25) is 0 Å². The van der Waals surface area contributed by atoms with Gasteiger partial charge in [0.05, 0.1) is 6.20 Å². The summed E-state index contributed by atoms with van der Waals surface area (Å²) in [5.41, 5.74) is 0.202. The van der Waals surface area contributed by atoms with Gasteiger partial charge in [-0.2, -0.15) is 0 Å². The molecule has 0 spiro atoms. The third-order valence-electron chi connectivity index (χ3n) is 3.50. The molecule has 1 aromatic heterocycles. The van der Waals surface area contributed by atoms with Crippen molar-refractivity contribution in [3.05, 3.63) is 17.5 Å². The molecule has 0 aromatic carbocycles. The highest BCUT2D eigenvalue weighted by Gasteiger charge is 2.31. The van der Waals surface area contributed by atoms with Crippen molar-refractivity contribution in [2.45, 2.75) is 32.1 Å². The van der Waals surface area contributed by atoms with Gasteiger partial charge in [-0.25, -0.2) is 9.97 Å². The lowest BCUT2D eigenvalue weighted by Gasteiger charge is -2.35. The SMILES string of the molecule is ClCC1(CNc2ncncc2Cl)CCCCC1. The molecule has 2 rings (SSSR count). The Kier molecular flexibility index (Phi) is 4.46. The van der Waals surface area contributed by atoms with Crippen LogP contribution in [-0.4, -0.2) is 22.4 Å². The first-order valence-electron chi connectivity index (χ1n) is 6.01. The average molecular weight is 274 g/mol. The second kappa shape index (κ2) is 5.87. The molecule has 0 bridgehead atoms. The number of hydrogen-bond donors (Lipinski definition) is 1. The molecule has 1 aromatic rings. The van der Waals surface area contributed by atoms with Crippen molar-refractivity contribution in [1.29, 1.82) is 0 Å². The second-order valence-electron chi connectivity index (χ2n) is 4.77. The van der Waals surface area contributed by atoms with Gasteiger partial charge in [0.25, 0.3) is 0 Å². The molecule has 1 aliphatic rings. The lowest BCUT2D eigenvalue weighted by Crippen LogP contribution is -2.34. The molecule has 1 heterocycles. The van der Waals surface area contributed by atoms with Crippen molar-refractivity contribution in [2.75, 3.05) is 17.7 Å². The zero-order valence-electron chi connectivity index (χ0n) is 9.75. The monoisotopic (exact) mass is 273 g/mol. The molecular formula is C12H17Cl2N3. The van der Waals surface area contributed by atoms with Crippen molar-refractivity contribution >= 4 is 29.0 Å². The molecule has 3 nitrogen and oxygen atoms in total. The van der Waals surface area contributed by atoms with Crippen LogP contribution in [0.1, 0.15) is 32.1 Å². The Bertz CT molecular complexity index is 365. The summed E-state index contributed by atoms with van der Waals surface area (Å²) in [4.78, 5) is 8.00. The Morgan fingerprint density at radius 3 is 2.71 bits per heavy atom. The fourth-order valence-corrected chi connectivity index (χ4v) is 2.91. The van der Waals surface area contributed by atoms with Crippen LogP contribution in [0, 0.1) is 5.41 Å². The van der Waals surface area contributed by atoms with Gasteiger partial charge in [0.15, 0.2) is 0 Å². The summed E-state index contributed by atoms with van der Waals surface area (Å²) in [7, 11) is 0. The molecule has 0 saturated heterocycles. The number of hydrogen-bond acceptors (Lipinski definition) is 3. The van der Waals surface area contributed by atoms with E-state index >= 15 is 0 Å². The molecule has 0 radical (unpaired) electrons. The second-order valence-corrected chi connectivity index (χ2v) is 5.44. The number of anilines is 1. The summed E-state index contributed by atoms with van der Waals surface area (Å²) in [6.45, 7) is 0.841. The molecule has 0 unspecified atom stereocenters. The number of aromatic nitrogens is 2. The van der Waals surface area contributed by atoms with Crippen molar-refractivity contribution in [3.8, 4) is 0 Å². The van der Waals surface area contributed by atoms with Crippen LogP contribution >= 0.6 is 23.2 Å². The highest BCUT2D eigenvalue weighted by molar-refractivity contribution is 6.32. The predicted molar refractivity (Wildman–Crippen MR) is 71.8 cm³/mol. The highest BCUT2D eigenvalue weighted by atomic mass is 35.5. The van der Waals surface area contributed by atoms with Gasteiger partial charge in [0.1, 0.15) is 17.2 Å². The van der Waals surface area contributed by atoms with Crippen molar-refractivity contribution < 1.29 is 0 Å². The lowest BCUT2D eigenvalue weighted by atomic mass is 9.75. The third-order valence-corrected chi connectivity index (χ3v) is 4.34. The number of halogens is 2. The van der Waals surface area contributed by atoms with Gasteiger partial charge in [0.2, 0.25) is 0 Å². The van der Waals surface area contributed by atoms with E-state index in [2.05, 4.69) is 15.3 Å². The smallest absolute Gasteiger partial charge is 0.148 e. The molecule has 1 N–H and O–H groups in total. The number of alkyl halides is 1. The molecule has 0 amide bonds. The number of rotatable bonds is 4. The molecular weight excluding hydrogens is 257 g/mol. The largest absolute Gasteiger partial charge is 0.368 e. The van der Waals surface area contributed by atoms with E-state index in [1.165, 1.54) is 38.4 Å². The molecule has 5 heteroatoms. The first-order chi connectivity index (χ1) is 8.26. The van der Waals surface area contributed by atoms with E-state index in [0.29, 0.717) is 16.7 Å². The lowest BCUT2D eigenvalue weighted by molar-refractivity contribution is 0.238. The molecule has 1 saturated carbocycles. The Labute approximate surface area is 112 Å². The number of nitrogens with one attached hydrogen (secondary N) is 1. The minimum atomic E-state index is 0.202. The maximum Gasteiger partial charge on any atom is 0.148 e. The van der Waals surface area contributed by atoms with E-state index in [9.17, 15) is 0 Å². The van der Waals surface area contributed by atoms with Crippen LogP contribution in [0.3, 0.4) is 0 Å². The first kappa shape index (κ1) is 12.9. The molecule has 0 aliphatic heterocycles. The Morgan fingerprint density at radius 2 is 2.06 bits per heavy atom. The van der Waals surface area contributed by atoms with E-state index in [1.54, 1.807) is 6.20 Å². The molecule has 0 atom stereocenters. The maximum atomic E-state index is 6.14. The van der Waals surface area contributed by atoms with Crippen LogP contribution in [-0.2, 0) is 0 Å². The maximum absolute atomic E-state index is 6.14. The fourth-order valence-electron chi connectivity index (χ4n) is 2.37. The van der Waals surface area contributed by atoms with E-state index in [-0.39, 0.29) is 5.41 Å². The minimum Gasteiger partial charge on any atom is -0.368 e. The average Bonchev–Trinajstić information content (AvgIpc) is 2.39. The molecule has 17 heavy (non-hydrogen) atoms. The zero-order valence-corrected chi connectivity index (χ0v) is 11.3. The summed E-state index contributed by atoms with van der Waals surface area (Å²) < 4.78 is 0. The Hall–Kier alpha value is -0.540. The third kappa shape index (κ3) is 3.23. The van der Waals surface area contributed by atoms with Crippen LogP contribution in [0.5, 0.6) is 0 Å². The topological polar surface area (TPSA) is 37.8 Å². The van der Waals surface area contributed by atoms with Crippen molar-refractivity contribution in [3.63, 3.8) is 0 Å². The summed E-state index contributed by atoms with van der Waals surface area (Å²) in [6, 6.07) is 0. The Balaban J connectivity index is 1.98. The Morgan fingerprint density at radius 1 is 1.29 bits per heavy atom. The van der Waals surface area contributed by atoms with Crippen molar-refractivity contribution in [1.82, 2.24) is 9.97 Å². The normalized spacial score (nSPS) is 18.9. The van der Waals surface area contributed by atoms with E-state index in [4.69, 9.17) is 23.2 Å². The zero-order chi connectivity index (χ0) is 12.1. The summed E-state index contributed by atoms with van der Waals surface area (Å²) >= 11 is 12.1. The van der Waals surface area contributed by atoms with E-state index < -0.39 is 0 Å². The van der Waals surface area contributed by atoms with Crippen LogP contribution in [0.2, 0.25) is 5.02 Å².